The molecule has 0 spiro atoms. The van der Waals surface area contributed by atoms with Crippen molar-refractivity contribution in [1.82, 2.24) is 4.57 Å². The van der Waals surface area contributed by atoms with E-state index in [1.807, 2.05) is 0 Å². The fourth-order valence-corrected chi connectivity index (χ4v) is 2.80. The Morgan fingerprint density at radius 1 is 1.14 bits per heavy atom. The van der Waals surface area contributed by atoms with Crippen LogP contribution in [-0.2, 0) is 25.7 Å². The second-order valence-corrected chi connectivity index (χ2v) is 5.81. The first-order chi connectivity index (χ1) is 13.4. The Morgan fingerprint density at radius 3 is 2.39 bits per heavy atom. The first-order valence-electron chi connectivity index (χ1n) is 8.69. The number of carbonyl (C=O) groups is 2. The number of benzene rings is 1. The summed E-state index contributed by atoms with van der Waals surface area (Å²) in [5.41, 5.74) is 0.742. The molecule has 0 saturated carbocycles. The molecule has 0 aliphatic heterocycles. The van der Waals surface area contributed by atoms with Crippen molar-refractivity contribution in [1.29, 1.82) is 0 Å². The average molecular weight is 390 g/mol. The maximum absolute atomic E-state index is 12.4. The molecule has 150 valence electrons. The van der Waals surface area contributed by atoms with Crippen LogP contribution in [0.1, 0.15) is 29.9 Å². The van der Waals surface area contributed by atoms with Crippen LogP contribution in [-0.4, -0.2) is 41.2 Å². The first kappa shape index (κ1) is 21.1. The Balaban J connectivity index is 2.49. The van der Waals surface area contributed by atoms with Crippen molar-refractivity contribution in [3.05, 3.63) is 51.7 Å². The van der Waals surface area contributed by atoms with Crippen LogP contribution >= 0.6 is 0 Å². The number of esters is 2. The average Bonchev–Trinajstić information content (AvgIpc) is 2.95. The highest BCUT2D eigenvalue weighted by molar-refractivity contribution is 5.99. The van der Waals surface area contributed by atoms with E-state index in [4.69, 9.17) is 14.2 Å². The molecule has 0 bridgehead atoms. The minimum Gasteiger partial charge on any atom is -0.463 e. The van der Waals surface area contributed by atoms with Crippen LogP contribution in [0.4, 0.5) is 5.69 Å². The molecule has 0 unspecified atom stereocenters. The van der Waals surface area contributed by atoms with E-state index < -0.39 is 16.9 Å². The molecule has 1 heterocycles. The Kier molecular flexibility index (Phi) is 7.28. The van der Waals surface area contributed by atoms with Gasteiger partial charge in [-0.2, -0.15) is 0 Å². The van der Waals surface area contributed by atoms with Gasteiger partial charge >= 0.3 is 17.6 Å². The number of ether oxygens (including phenoxy) is 3. The van der Waals surface area contributed by atoms with Gasteiger partial charge in [-0.1, -0.05) is 30.3 Å². The maximum atomic E-state index is 12.4. The lowest BCUT2D eigenvalue weighted by Crippen LogP contribution is -2.12. The molecule has 0 atom stereocenters. The third kappa shape index (κ3) is 4.74. The van der Waals surface area contributed by atoms with Crippen molar-refractivity contribution >= 4 is 17.6 Å². The molecule has 1 aromatic heterocycles. The molecule has 0 amide bonds. The summed E-state index contributed by atoms with van der Waals surface area (Å²) in [7, 11) is 0. The van der Waals surface area contributed by atoms with Crippen LogP contribution in [0.25, 0.3) is 11.3 Å². The molecule has 9 nitrogen and oxygen atoms in total. The predicted molar refractivity (Wildman–Crippen MR) is 99.8 cm³/mol. The fraction of sp³-hybridized carbons (Fsp3) is 0.368. The Morgan fingerprint density at radius 2 is 1.82 bits per heavy atom. The third-order valence-electron chi connectivity index (χ3n) is 3.96. The lowest BCUT2D eigenvalue weighted by molar-refractivity contribution is -0.384. The van der Waals surface area contributed by atoms with Crippen LogP contribution < -0.4 is 0 Å². The number of hydrogen-bond acceptors (Lipinski definition) is 7. The van der Waals surface area contributed by atoms with Crippen LogP contribution in [0.3, 0.4) is 0 Å². The number of carbonyl (C=O) groups excluding carboxylic acids is 2. The van der Waals surface area contributed by atoms with E-state index >= 15 is 0 Å². The predicted octanol–water partition coefficient (Wildman–Crippen LogP) is 3.09. The van der Waals surface area contributed by atoms with Gasteiger partial charge in [0.25, 0.3) is 0 Å². The fourth-order valence-electron chi connectivity index (χ4n) is 2.80. The minimum atomic E-state index is -0.762. The topological polar surface area (TPSA) is 110 Å². The van der Waals surface area contributed by atoms with E-state index in [9.17, 15) is 19.7 Å². The van der Waals surface area contributed by atoms with Crippen molar-refractivity contribution in [2.24, 2.45) is 0 Å². The smallest absolute Gasteiger partial charge is 0.347 e. The summed E-state index contributed by atoms with van der Waals surface area (Å²) < 4.78 is 16.9. The van der Waals surface area contributed by atoms with Crippen molar-refractivity contribution < 1.29 is 28.7 Å². The number of nitro groups is 1. The molecular formula is C19H22N2O7. The second kappa shape index (κ2) is 9.65. The monoisotopic (exact) mass is 390 g/mol. The number of rotatable bonds is 9. The summed E-state index contributed by atoms with van der Waals surface area (Å²) in [5.74, 6) is -1.19. The van der Waals surface area contributed by atoms with Gasteiger partial charge in [-0.15, -0.1) is 0 Å². The lowest BCUT2D eigenvalue weighted by atomic mass is 10.1. The highest BCUT2D eigenvalue weighted by Gasteiger charge is 2.35. The van der Waals surface area contributed by atoms with Gasteiger partial charge in [0.15, 0.2) is 5.56 Å². The SMILES string of the molecule is CCOC(=O)c1c([N+](=O)[O-])c(-c2ccccc2)n(COCCOC(C)=O)c1C. The molecule has 28 heavy (non-hydrogen) atoms. The van der Waals surface area contributed by atoms with Gasteiger partial charge in [0, 0.05) is 18.2 Å². The van der Waals surface area contributed by atoms with Crippen LogP contribution in [0.2, 0.25) is 0 Å². The summed E-state index contributed by atoms with van der Waals surface area (Å²) >= 11 is 0. The molecule has 0 radical (unpaired) electrons. The Labute approximate surface area is 162 Å². The van der Waals surface area contributed by atoms with Crippen molar-refractivity contribution in [2.75, 3.05) is 19.8 Å². The molecule has 0 aliphatic carbocycles. The zero-order valence-corrected chi connectivity index (χ0v) is 16.0. The van der Waals surface area contributed by atoms with E-state index in [1.165, 1.54) is 6.92 Å². The standard InChI is InChI=1S/C19H22N2O7/c1-4-27-19(23)16-13(2)20(12-26-10-11-28-14(3)22)17(18(16)21(24)25)15-8-6-5-7-9-15/h5-9H,4,10-12H2,1-3H3. The zero-order chi connectivity index (χ0) is 20.7. The van der Waals surface area contributed by atoms with Gasteiger partial charge < -0.3 is 18.8 Å². The summed E-state index contributed by atoms with van der Waals surface area (Å²) in [6, 6.07) is 8.71. The largest absolute Gasteiger partial charge is 0.463 e. The zero-order valence-electron chi connectivity index (χ0n) is 16.0. The summed E-state index contributed by atoms with van der Waals surface area (Å²) in [4.78, 5) is 34.5. The van der Waals surface area contributed by atoms with Crippen LogP contribution in [0.15, 0.2) is 30.3 Å². The maximum Gasteiger partial charge on any atom is 0.347 e. The summed E-state index contributed by atoms with van der Waals surface area (Å²) in [5, 5.41) is 11.8. The number of nitrogens with zero attached hydrogens (tertiary/aromatic N) is 2. The van der Waals surface area contributed by atoms with Gasteiger partial charge in [-0.05, 0) is 13.8 Å². The lowest BCUT2D eigenvalue weighted by Gasteiger charge is -2.12. The quantitative estimate of drug-likeness (QED) is 0.280. The van der Waals surface area contributed by atoms with E-state index in [0.717, 1.165) is 0 Å². The van der Waals surface area contributed by atoms with E-state index in [1.54, 1.807) is 48.7 Å². The molecule has 0 N–H and O–H groups in total. The molecule has 0 saturated heterocycles. The van der Waals surface area contributed by atoms with Crippen molar-refractivity contribution in [3.8, 4) is 11.3 Å². The normalized spacial score (nSPS) is 10.5. The van der Waals surface area contributed by atoms with Crippen LogP contribution in [0.5, 0.6) is 0 Å². The number of hydrogen-bond donors (Lipinski definition) is 0. The summed E-state index contributed by atoms with van der Waals surface area (Å²) in [6.07, 6.45) is 0. The Hall–Kier alpha value is -3.20. The van der Waals surface area contributed by atoms with Crippen molar-refractivity contribution in [3.63, 3.8) is 0 Å². The first-order valence-corrected chi connectivity index (χ1v) is 8.69. The second-order valence-electron chi connectivity index (χ2n) is 5.81. The number of aromatic nitrogens is 1. The Bertz CT molecular complexity index is 859. The highest BCUT2D eigenvalue weighted by Crippen LogP contribution is 2.38. The molecule has 2 rings (SSSR count). The van der Waals surface area contributed by atoms with Gasteiger partial charge in [0.1, 0.15) is 19.0 Å². The molecule has 1 aromatic carbocycles. The van der Waals surface area contributed by atoms with Crippen LogP contribution in [0, 0.1) is 17.0 Å². The summed E-state index contributed by atoms with van der Waals surface area (Å²) in [6.45, 7) is 4.72. The van der Waals surface area contributed by atoms with Crippen molar-refractivity contribution in [2.45, 2.75) is 27.5 Å². The third-order valence-corrected chi connectivity index (χ3v) is 3.96. The molecule has 9 heteroatoms. The van der Waals surface area contributed by atoms with Gasteiger partial charge in [0.05, 0.1) is 18.1 Å². The van der Waals surface area contributed by atoms with E-state index in [-0.39, 0.29) is 43.5 Å². The van der Waals surface area contributed by atoms with Gasteiger partial charge in [-0.25, -0.2) is 4.79 Å². The molecule has 0 fully saturated rings. The molecule has 0 aliphatic rings. The van der Waals surface area contributed by atoms with E-state index in [0.29, 0.717) is 11.3 Å². The molecule has 2 aromatic rings. The van der Waals surface area contributed by atoms with Gasteiger partial charge in [0.2, 0.25) is 0 Å². The highest BCUT2D eigenvalue weighted by atomic mass is 16.6. The van der Waals surface area contributed by atoms with E-state index in [2.05, 4.69) is 0 Å². The molecular weight excluding hydrogens is 368 g/mol. The minimum absolute atomic E-state index is 0.0580. The van der Waals surface area contributed by atoms with Gasteiger partial charge in [-0.3, -0.25) is 14.9 Å².